The van der Waals surface area contributed by atoms with Gasteiger partial charge >= 0.3 is 0 Å². The number of hydrogen-bond acceptors (Lipinski definition) is 8. The standard InChI is InChI=1S/C8H6ClN3O6S2/c9-20(17,18)2-1-19(15,16)8-6(4-10)3-7(5-11-8)12(13)14/h3,5H,1-2H2. The summed E-state index contributed by atoms with van der Waals surface area (Å²) >= 11 is 0. The Morgan fingerprint density at radius 3 is 2.40 bits per heavy atom. The van der Waals surface area contributed by atoms with Crippen molar-refractivity contribution in [1.82, 2.24) is 4.98 Å². The van der Waals surface area contributed by atoms with E-state index in [2.05, 4.69) is 4.98 Å². The number of nitriles is 1. The summed E-state index contributed by atoms with van der Waals surface area (Å²) in [5.74, 6) is -1.74. The van der Waals surface area contributed by atoms with Gasteiger partial charge in [-0.2, -0.15) is 5.26 Å². The molecule has 0 saturated carbocycles. The fourth-order valence-electron chi connectivity index (χ4n) is 1.17. The van der Waals surface area contributed by atoms with E-state index in [0.717, 1.165) is 6.07 Å². The van der Waals surface area contributed by atoms with Crippen molar-refractivity contribution < 1.29 is 21.8 Å². The van der Waals surface area contributed by atoms with Gasteiger partial charge in [0.15, 0.2) is 14.9 Å². The van der Waals surface area contributed by atoms with Gasteiger partial charge in [0, 0.05) is 16.7 Å². The van der Waals surface area contributed by atoms with Crippen LogP contribution in [0.25, 0.3) is 0 Å². The van der Waals surface area contributed by atoms with Crippen molar-refractivity contribution in [2.24, 2.45) is 0 Å². The number of pyridine rings is 1. The Bertz CT molecular complexity index is 796. The zero-order valence-corrected chi connectivity index (χ0v) is 11.9. The van der Waals surface area contributed by atoms with Crippen LogP contribution in [0.2, 0.25) is 0 Å². The Morgan fingerprint density at radius 1 is 1.35 bits per heavy atom. The molecule has 0 unspecified atom stereocenters. The van der Waals surface area contributed by atoms with Crippen molar-refractivity contribution in [3.05, 3.63) is 27.9 Å². The molecule has 1 rings (SSSR count). The molecule has 0 aliphatic rings. The van der Waals surface area contributed by atoms with Crippen LogP contribution in [0.3, 0.4) is 0 Å². The maximum atomic E-state index is 11.8. The highest BCUT2D eigenvalue weighted by Gasteiger charge is 2.25. The fourth-order valence-corrected chi connectivity index (χ4v) is 4.26. The molecule has 0 radical (unpaired) electrons. The normalized spacial score (nSPS) is 11.8. The number of halogens is 1. The molecule has 1 aromatic heterocycles. The third-order valence-corrected chi connectivity index (χ3v) is 5.13. The molecular weight excluding hydrogens is 334 g/mol. The van der Waals surface area contributed by atoms with Crippen molar-refractivity contribution in [1.29, 1.82) is 5.26 Å². The molecule has 0 amide bonds. The van der Waals surface area contributed by atoms with Crippen LogP contribution in [-0.4, -0.2) is 38.2 Å². The van der Waals surface area contributed by atoms with Crippen LogP contribution in [0.5, 0.6) is 0 Å². The van der Waals surface area contributed by atoms with Gasteiger partial charge < -0.3 is 0 Å². The van der Waals surface area contributed by atoms with Crippen LogP contribution in [0, 0.1) is 21.4 Å². The molecule has 0 fully saturated rings. The highest BCUT2D eigenvalue weighted by Crippen LogP contribution is 2.19. The Balaban J connectivity index is 3.26. The molecule has 1 heterocycles. The molecule has 0 N–H and O–H groups in total. The minimum absolute atomic E-state index is 0.536. The van der Waals surface area contributed by atoms with E-state index in [1.54, 1.807) is 0 Å². The molecule has 0 saturated heterocycles. The van der Waals surface area contributed by atoms with Crippen LogP contribution in [0.15, 0.2) is 17.3 Å². The van der Waals surface area contributed by atoms with E-state index in [0.29, 0.717) is 6.20 Å². The van der Waals surface area contributed by atoms with Crippen molar-refractivity contribution in [3.63, 3.8) is 0 Å². The monoisotopic (exact) mass is 339 g/mol. The van der Waals surface area contributed by atoms with Gasteiger partial charge in [0.2, 0.25) is 9.05 Å². The highest BCUT2D eigenvalue weighted by atomic mass is 35.7. The Hall–Kier alpha value is -1.77. The van der Waals surface area contributed by atoms with Crippen molar-refractivity contribution in [3.8, 4) is 6.07 Å². The van der Waals surface area contributed by atoms with Gasteiger partial charge in [0.05, 0.1) is 22.0 Å². The summed E-state index contributed by atoms with van der Waals surface area (Å²) in [7, 11) is -3.33. The predicted octanol–water partition coefficient (Wildman–Crippen LogP) is 0.204. The first-order chi connectivity index (χ1) is 9.07. The number of rotatable bonds is 5. The molecule has 9 nitrogen and oxygen atoms in total. The average molecular weight is 340 g/mol. The maximum Gasteiger partial charge on any atom is 0.288 e. The van der Waals surface area contributed by atoms with Crippen molar-refractivity contribution in [2.75, 3.05) is 11.5 Å². The van der Waals surface area contributed by atoms with E-state index in [1.165, 1.54) is 6.07 Å². The van der Waals surface area contributed by atoms with Crippen LogP contribution in [0.4, 0.5) is 5.69 Å². The van der Waals surface area contributed by atoms with Gasteiger partial charge in [-0.15, -0.1) is 0 Å². The summed E-state index contributed by atoms with van der Waals surface area (Å²) in [6.45, 7) is 0. The topological polar surface area (TPSA) is 148 Å². The van der Waals surface area contributed by atoms with Gasteiger partial charge in [0.1, 0.15) is 12.3 Å². The molecule has 0 aliphatic carbocycles. The minimum atomic E-state index is -4.20. The largest absolute Gasteiger partial charge is 0.288 e. The minimum Gasteiger partial charge on any atom is -0.258 e. The number of aromatic nitrogens is 1. The second-order valence-electron chi connectivity index (χ2n) is 3.48. The van der Waals surface area contributed by atoms with Gasteiger partial charge in [-0.05, 0) is 0 Å². The Kier molecular flexibility index (Phi) is 4.64. The summed E-state index contributed by atoms with van der Waals surface area (Å²) < 4.78 is 45.1. The third-order valence-electron chi connectivity index (χ3n) is 2.06. The molecule has 0 aromatic carbocycles. The van der Waals surface area contributed by atoms with E-state index in [9.17, 15) is 26.9 Å². The summed E-state index contributed by atoms with van der Waals surface area (Å²) in [4.78, 5) is 13.0. The molecule has 0 atom stereocenters. The molecular formula is C8H6ClN3O6S2. The number of sulfone groups is 1. The molecule has 0 spiro atoms. The van der Waals surface area contributed by atoms with Crippen LogP contribution >= 0.6 is 10.7 Å². The van der Waals surface area contributed by atoms with Crippen LogP contribution in [-0.2, 0) is 18.9 Å². The van der Waals surface area contributed by atoms with Gasteiger partial charge in [-0.25, -0.2) is 21.8 Å². The molecule has 108 valence electrons. The second-order valence-corrected chi connectivity index (χ2v) is 8.40. The first-order valence-electron chi connectivity index (χ1n) is 4.76. The lowest BCUT2D eigenvalue weighted by atomic mass is 10.3. The van der Waals surface area contributed by atoms with Crippen LogP contribution in [0.1, 0.15) is 5.56 Å². The lowest BCUT2D eigenvalue weighted by molar-refractivity contribution is -0.385. The average Bonchev–Trinajstić information content (AvgIpc) is 2.35. The molecule has 0 aliphatic heterocycles. The lowest BCUT2D eigenvalue weighted by Crippen LogP contribution is -2.16. The molecule has 20 heavy (non-hydrogen) atoms. The SMILES string of the molecule is N#Cc1cc([N+](=O)[O-])cnc1S(=O)(=O)CCS(=O)(=O)Cl. The smallest absolute Gasteiger partial charge is 0.258 e. The van der Waals surface area contributed by atoms with E-state index < -0.39 is 51.6 Å². The van der Waals surface area contributed by atoms with E-state index in [1.807, 2.05) is 0 Å². The fraction of sp³-hybridized carbons (Fsp3) is 0.250. The van der Waals surface area contributed by atoms with E-state index in [-0.39, 0.29) is 0 Å². The van der Waals surface area contributed by atoms with Gasteiger partial charge in [-0.1, -0.05) is 0 Å². The summed E-state index contributed by atoms with van der Waals surface area (Å²) in [5.41, 5.74) is -1.09. The maximum absolute atomic E-state index is 11.8. The Morgan fingerprint density at radius 2 is 1.95 bits per heavy atom. The zero-order chi connectivity index (χ0) is 15.6. The van der Waals surface area contributed by atoms with Gasteiger partial charge in [-0.3, -0.25) is 10.1 Å². The summed E-state index contributed by atoms with van der Waals surface area (Å²) in [5, 5.41) is 18.6. The summed E-state index contributed by atoms with van der Waals surface area (Å²) in [6.07, 6.45) is 0.670. The summed E-state index contributed by atoms with van der Waals surface area (Å²) in [6, 6.07) is 2.21. The third kappa shape index (κ3) is 4.12. The van der Waals surface area contributed by atoms with Crippen LogP contribution < -0.4 is 0 Å². The first kappa shape index (κ1) is 16.3. The predicted molar refractivity (Wildman–Crippen MR) is 67.3 cm³/mol. The second kappa shape index (κ2) is 5.70. The highest BCUT2D eigenvalue weighted by molar-refractivity contribution is 8.14. The zero-order valence-electron chi connectivity index (χ0n) is 9.55. The number of nitro groups is 1. The molecule has 12 heteroatoms. The van der Waals surface area contributed by atoms with Crippen molar-refractivity contribution >= 4 is 35.3 Å². The molecule has 0 bridgehead atoms. The molecule has 1 aromatic rings. The van der Waals surface area contributed by atoms with E-state index in [4.69, 9.17) is 15.9 Å². The van der Waals surface area contributed by atoms with E-state index >= 15 is 0 Å². The Labute approximate surface area is 118 Å². The van der Waals surface area contributed by atoms with Crippen molar-refractivity contribution in [2.45, 2.75) is 5.03 Å². The van der Waals surface area contributed by atoms with Gasteiger partial charge in [0.25, 0.3) is 5.69 Å². The lowest BCUT2D eigenvalue weighted by Gasteiger charge is -2.04. The number of nitrogens with zero attached hydrogens (tertiary/aromatic N) is 3. The first-order valence-corrected chi connectivity index (χ1v) is 8.89. The quantitative estimate of drug-likeness (QED) is 0.419. The number of hydrogen-bond donors (Lipinski definition) is 0.